The average molecular weight is 579 g/mol. The molecule has 2 aliphatic rings. The number of alkyl halides is 5. The standard InChI is InChI=1S/C30H34F8O2/c1-2-3-14-39-23-16-26(32)28(27(33)17-23)20-6-4-18(5-7-20)19-8-10-21(11-9-19)30(37,38)40-22-12-13-24(25(31)15-22)29(34,35)36/h12-13,15-21H,2-11,14H2,1H3. The smallest absolute Gasteiger partial charge is 0.419 e. The van der Waals surface area contributed by atoms with E-state index in [0.29, 0.717) is 50.5 Å². The Labute approximate surface area is 229 Å². The second kappa shape index (κ2) is 12.6. The minimum Gasteiger partial charge on any atom is -0.493 e. The molecule has 40 heavy (non-hydrogen) atoms. The predicted molar refractivity (Wildman–Crippen MR) is 134 cm³/mol. The van der Waals surface area contributed by atoms with Gasteiger partial charge in [0.2, 0.25) is 0 Å². The lowest BCUT2D eigenvalue weighted by atomic mass is 9.68. The molecule has 0 atom stereocenters. The molecule has 2 aromatic rings. The first-order chi connectivity index (χ1) is 18.9. The number of hydrogen-bond donors (Lipinski definition) is 0. The van der Waals surface area contributed by atoms with Gasteiger partial charge in [-0.3, -0.25) is 0 Å². The molecule has 222 valence electrons. The Morgan fingerprint density at radius 3 is 1.80 bits per heavy atom. The normalized spacial score (nSPS) is 24.1. The summed E-state index contributed by atoms with van der Waals surface area (Å²) in [4.78, 5) is 0. The molecule has 2 saturated carbocycles. The molecule has 0 bridgehead atoms. The van der Waals surface area contributed by atoms with Gasteiger partial charge in [-0.15, -0.1) is 0 Å². The third kappa shape index (κ3) is 7.21. The van der Waals surface area contributed by atoms with Crippen LogP contribution in [-0.4, -0.2) is 12.7 Å². The van der Waals surface area contributed by atoms with Crippen molar-refractivity contribution in [2.75, 3.05) is 6.61 Å². The van der Waals surface area contributed by atoms with Crippen LogP contribution in [0.3, 0.4) is 0 Å². The van der Waals surface area contributed by atoms with Crippen LogP contribution < -0.4 is 9.47 Å². The molecule has 4 rings (SSSR count). The highest BCUT2D eigenvalue weighted by atomic mass is 19.4. The molecule has 0 radical (unpaired) electrons. The highest BCUT2D eigenvalue weighted by Gasteiger charge is 2.45. The lowest BCUT2D eigenvalue weighted by Gasteiger charge is -2.39. The van der Waals surface area contributed by atoms with E-state index in [1.807, 2.05) is 6.92 Å². The lowest BCUT2D eigenvalue weighted by molar-refractivity contribution is -0.224. The van der Waals surface area contributed by atoms with Gasteiger partial charge in [0.05, 0.1) is 18.1 Å². The van der Waals surface area contributed by atoms with Crippen molar-refractivity contribution in [1.29, 1.82) is 0 Å². The zero-order chi connectivity index (χ0) is 29.1. The zero-order valence-electron chi connectivity index (χ0n) is 22.3. The van der Waals surface area contributed by atoms with Gasteiger partial charge in [-0.1, -0.05) is 13.3 Å². The number of hydrogen-bond acceptors (Lipinski definition) is 2. The molecule has 2 fully saturated rings. The molecule has 0 aromatic heterocycles. The predicted octanol–water partition coefficient (Wildman–Crippen LogP) is 10.1. The molecule has 2 aliphatic carbocycles. The van der Waals surface area contributed by atoms with Gasteiger partial charge in [0.15, 0.2) is 0 Å². The van der Waals surface area contributed by atoms with Crippen molar-refractivity contribution in [1.82, 2.24) is 0 Å². The maximum Gasteiger partial charge on any atom is 0.419 e. The van der Waals surface area contributed by atoms with E-state index in [0.717, 1.165) is 25.7 Å². The second-order valence-corrected chi connectivity index (χ2v) is 11.0. The van der Waals surface area contributed by atoms with E-state index >= 15 is 0 Å². The van der Waals surface area contributed by atoms with Crippen LogP contribution in [0.5, 0.6) is 11.5 Å². The monoisotopic (exact) mass is 578 g/mol. The fourth-order valence-electron chi connectivity index (χ4n) is 6.20. The molecule has 2 aromatic carbocycles. The SMILES string of the molecule is CCCCOc1cc(F)c(C2CCC(C3CCC(C(F)(F)Oc4ccc(C(F)(F)F)c(F)c4)CC3)CC2)c(F)c1. The fourth-order valence-corrected chi connectivity index (χ4v) is 6.20. The van der Waals surface area contributed by atoms with Crippen molar-refractivity contribution in [3.05, 3.63) is 58.9 Å². The zero-order valence-corrected chi connectivity index (χ0v) is 22.3. The summed E-state index contributed by atoms with van der Waals surface area (Å²) in [6, 6.07) is 3.90. The Morgan fingerprint density at radius 1 is 0.725 bits per heavy atom. The Bertz CT molecular complexity index is 1110. The summed E-state index contributed by atoms with van der Waals surface area (Å²) in [5.74, 6) is -4.30. The summed E-state index contributed by atoms with van der Waals surface area (Å²) >= 11 is 0. The van der Waals surface area contributed by atoms with Gasteiger partial charge in [-0.2, -0.15) is 22.0 Å². The van der Waals surface area contributed by atoms with E-state index in [4.69, 9.17) is 4.74 Å². The topological polar surface area (TPSA) is 18.5 Å². The summed E-state index contributed by atoms with van der Waals surface area (Å²) in [6.45, 7) is 2.39. The van der Waals surface area contributed by atoms with Crippen LogP contribution in [0.25, 0.3) is 0 Å². The number of rotatable bonds is 9. The van der Waals surface area contributed by atoms with Gasteiger partial charge < -0.3 is 9.47 Å². The van der Waals surface area contributed by atoms with E-state index in [-0.39, 0.29) is 41.9 Å². The summed E-state index contributed by atoms with van der Waals surface area (Å²) < 4.78 is 121. The average Bonchev–Trinajstić information content (AvgIpc) is 2.88. The number of ether oxygens (including phenoxy) is 2. The van der Waals surface area contributed by atoms with Crippen LogP contribution in [0.15, 0.2) is 30.3 Å². The largest absolute Gasteiger partial charge is 0.493 e. The second-order valence-electron chi connectivity index (χ2n) is 11.0. The molecule has 0 heterocycles. The highest BCUT2D eigenvalue weighted by molar-refractivity contribution is 5.33. The molecular weight excluding hydrogens is 544 g/mol. The maximum atomic E-state index is 14.8. The van der Waals surface area contributed by atoms with Crippen LogP contribution >= 0.6 is 0 Å². The number of halogens is 8. The molecule has 0 spiro atoms. The Hall–Kier alpha value is -2.52. The van der Waals surface area contributed by atoms with Crippen LogP contribution in [0.2, 0.25) is 0 Å². The summed E-state index contributed by atoms with van der Waals surface area (Å²) in [5, 5.41) is 0. The number of unbranched alkanes of at least 4 members (excludes halogenated alkanes) is 1. The Balaban J connectivity index is 1.28. The van der Waals surface area contributed by atoms with Gasteiger partial charge >= 0.3 is 12.3 Å². The minimum atomic E-state index is -4.93. The Morgan fingerprint density at radius 2 is 1.27 bits per heavy atom. The van der Waals surface area contributed by atoms with Gasteiger partial charge in [0.1, 0.15) is 29.0 Å². The van der Waals surface area contributed by atoms with Crippen molar-refractivity contribution in [3.63, 3.8) is 0 Å². The first-order valence-corrected chi connectivity index (χ1v) is 13.9. The van der Waals surface area contributed by atoms with Gasteiger partial charge in [-0.05, 0) is 87.7 Å². The molecule has 0 saturated heterocycles. The van der Waals surface area contributed by atoms with Gasteiger partial charge in [0.25, 0.3) is 0 Å². The molecule has 2 nitrogen and oxygen atoms in total. The van der Waals surface area contributed by atoms with Crippen LogP contribution in [0.4, 0.5) is 35.1 Å². The molecule has 0 unspecified atom stereocenters. The summed E-state index contributed by atoms with van der Waals surface area (Å²) in [6.07, 6.45) is -2.84. The lowest BCUT2D eigenvalue weighted by Crippen LogP contribution is -2.38. The molecule has 10 heteroatoms. The third-order valence-electron chi connectivity index (χ3n) is 8.41. The van der Waals surface area contributed by atoms with Crippen molar-refractivity contribution in [2.24, 2.45) is 17.8 Å². The van der Waals surface area contributed by atoms with E-state index in [1.54, 1.807) is 0 Å². The number of benzene rings is 2. The van der Waals surface area contributed by atoms with Crippen molar-refractivity contribution >= 4 is 0 Å². The minimum absolute atomic E-state index is 0.0847. The first-order valence-electron chi connectivity index (χ1n) is 13.9. The van der Waals surface area contributed by atoms with E-state index in [2.05, 4.69) is 4.74 Å². The maximum absolute atomic E-state index is 14.8. The fraction of sp³-hybridized carbons (Fsp3) is 0.600. The summed E-state index contributed by atoms with van der Waals surface area (Å²) in [5.41, 5.74) is -1.46. The van der Waals surface area contributed by atoms with Crippen LogP contribution in [-0.2, 0) is 6.18 Å². The Kier molecular flexibility index (Phi) is 9.55. The van der Waals surface area contributed by atoms with Crippen molar-refractivity contribution in [3.8, 4) is 11.5 Å². The summed E-state index contributed by atoms with van der Waals surface area (Å²) in [7, 11) is 0. The quantitative estimate of drug-likeness (QED) is 0.218. The van der Waals surface area contributed by atoms with Crippen LogP contribution in [0.1, 0.15) is 88.2 Å². The van der Waals surface area contributed by atoms with Crippen molar-refractivity contribution in [2.45, 2.75) is 89.3 Å². The molecule has 0 N–H and O–H groups in total. The highest BCUT2D eigenvalue weighted by Crippen LogP contribution is 2.48. The van der Waals surface area contributed by atoms with E-state index < -0.39 is 47.0 Å². The van der Waals surface area contributed by atoms with Gasteiger partial charge in [0, 0.05) is 23.8 Å². The first kappa shape index (κ1) is 30.4. The molecular formula is C30H34F8O2. The van der Waals surface area contributed by atoms with Crippen molar-refractivity contribution < 1.29 is 44.6 Å². The van der Waals surface area contributed by atoms with Crippen LogP contribution in [0, 0.1) is 35.2 Å². The molecule has 0 amide bonds. The third-order valence-corrected chi connectivity index (χ3v) is 8.41. The van der Waals surface area contributed by atoms with Gasteiger partial charge in [-0.25, -0.2) is 13.2 Å². The van der Waals surface area contributed by atoms with E-state index in [1.165, 1.54) is 12.1 Å². The van der Waals surface area contributed by atoms with E-state index in [9.17, 15) is 35.1 Å². The molecule has 0 aliphatic heterocycles.